The second kappa shape index (κ2) is 7.02. The summed E-state index contributed by atoms with van der Waals surface area (Å²) in [5, 5.41) is 6.03. The van der Waals surface area contributed by atoms with Crippen LogP contribution >= 0.6 is 0 Å². The van der Waals surface area contributed by atoms with Crippen LogP contribution in [0.5, 0.6) is 0 Å². The summed E-state index contributed by atoms with van der Waals surface area (Å²) in [6, 6.07) is 1.86. The Morgan fingerprint density at radius 3 is 2.64 bits per heavy atom. The molecule has 7 nitrogen and oxygen atoms in total. The van der Waals surface area contributed by atoms with Crippen molar-refractivity contribution in [3.8, 4) is 5.82 Å². The lowest BCUT2D eigenvalue weighted by atomic mass is 10.2. The van der Waals surface area contributed by atoms with E-state index in [-0.39, 0.29) is 11.8 Å². The van der Waals surface area contributed by atoms with Crippen LogP contribution in [0.2, 0.25) is 0 Å². The van der Waals surface area contributed by atoms with Gasteiger partial charge in [-0.15, -0.1) is 0 Å². The first-order chi connectivity index (χ1) is 10.5. The molecule has 0 unspecified atom stereocenters. The molecule has 2 heterocycles. The Morgan fingerprint density at radius 2 is 2.00 bits per heavy atom. The van der Waals surface area contributed by atoms with E-state index in [9.17, 15) is 4.79 Å². The first-order valence-electron chi connectivity index (χ1n) is 7.33. The average molecular weight is 302 g/mol. The molecule has 2 aromatic rings. The van der Waals surface area contributed by atoms with Gasteiger partial charge in [-0.1, -0.05) is 13.8 Å². The highest BCUT2D eigenvalue weighted by Crippen LogP contribution is 2.13. The molecule has 0 saturated carbocycles. The maximum absolute atomic E-state index is 11.5. The zero-order chi connectivity index (χ0) is 16.1. The van der Waals surface area contributed by atoms with Gasteiger partial charge in [0, 0.05) is 30.8 Å². The molecular weight excluding hydrogens is 280 g/mol. The molecule has 1 amide bonds. The molecule has 0 aliphatic carbocycles. The molecule has 0 radical (unpaired) electrons. The molecule has 0 aliphatic heterocycles. The highest BCUT2D eigenvalue weighted by molar-refractivity contribution is 5.77. The fraction of sp³-hybridized carbons (Fsp3) is 0.467. The molecule has 7 heteroatoms. The number of aromatic nitrogens is 4. The predicted octanol–water partition coefficient (Wildman–Crippen LogP) is 1.46. The van der Waals surface area contributed by atoms with Crippen LogP contribution in [-0.4, -0.2) is 38.5 Å². The van der Waals surface area contributed by atoms with Gasteiger partial charge in [-0.2, -0.15) is 0 Å². The van der Waals surface area contributed by atoms with E-state index in [1.54, 1.807) is 6.33 Å². The Hall–Kier alpha value is -2.44. The minimum absolute atomic E-state index is 0.00175. The van der Waals surface area contributed by atoms with Gasteiger partial charge in [-0.25, -0.2) is 15.0 Å². The zero-order valence-corrected chi connectivity index (χ0v) is 13.4. The zero-order valence-electron chi connectivity index (χ0n) is 13.4. The van der Waals surface area contributed by atoms with Gasteiger partial charge in [-0.05, 0) is 13.8 Å². The van der Waals surface area contributed by atoms with Gasteiger partial charge >= 0.3 is 0 Å². The van der Waals surface area contributed by atoms with Crippen LogP contribution < -0.4 is 10.6 Å². The molecule has 0 aliphatic rings. The third-order valence-electron chi connectivity index (χ3n) is 3.41. The Balaban J connectivity index is 1.95. The van der Waals surface area contributed by atoms with Gasteiger partial charge in [0.25, 0.3) is 0 Å². The molecule has 0 saturated heterocycles. The maximum Gasteiger partial charge on any atom is 0.222 e. The number of hydrogen-bond donors (Lipinski definition) is 2. The number of hydrogen-bond acceptors (Lipinski definition) is 5. The summed E-state index contributed by atoms with van der Waals surface area (Å²) in [6.45, 7) is 8.86. The number of imidazole rings is 1. The van der Waals surface area contributed by atoms with Crippen molar-refractivity contribution in [2.75, 3.05) is 18.4 Å². The summed E-state index contributed by atoms with van der Waals surface area (Å²) in [6.07, 6.45) is 3.26. The molecule has 0 bridgehead atoms. The predicted molar refractivity (Wildman–Crippen MR) is 85.0 cm³/mol. The molecule has 2 N–H and O–H groups in total. The van der Waals surface area contributed by atoms with Gasteiger partial charge in [-0.3, -0.25) is 9.36 Å². The Morgan fingerprint density at radius 1 is 1.23 bits per heavy atom. The van der Waals surface area contributed by atoms with E-state index in [4.69, 9.17) is 0 Å². The van der Waals surface area contributed by atoms with Gasteiger partial charge in [0.15, 0.2) is 0 Å². The monoisotopic (exact) mass is 302 g/mol. The van der Waals surface area contributed by atoms with Crippen LogP contribution in [0.4, 0.5) is 5.82 Å². The van der Waals surface area contributed by atoms with Crippen LogP contribution in [-0.2, 0) is 4.79 Å². The molecule has 22 heavy (non-hydrogen) atoms. The molecule has 2 aromatic heterocycles. The number of rotatable bonds is 6. The van der Waals surface area contributed by atoms with Gasteiger partial charge in [0.2, 0.25) is 5.91 Å². The van der Waals surface area contributed by atoms with Crippen LogP contribution in [0.25, 0.3) is 5.82 Å². The Labute approximate surface area is 130 Å². The number of nitrogens with zero attached hydrogens (tertiary/aromatic N) is 4. The summed E-state index contributed by atoms with van der Waals surface area (Å²) in [5.74, 6) is 1.53. The van der Waals surface area contributed by atoms with Crippen LogP contribution in [0.3, 0.4) is 0 Å². The van der Waals surface area contributed by atoms with Crippen molar-refractivity contribution >= 4 is 11.7 Å². The molecular formula is C15H22N6O. The minimum Gasteiger partial charge on any atom is -0.368 e. The standard InChI is InChI=1S/C15H22N6O/c1-10(2)15(22)17-6-5-16-13-7-14(19-8-18-13)21-9-20-11(3)12(21)4/h7-10H,5-6H2,1-4H3,(H,17,22)(H,16,18,19). The van der Waals surface area contributed by atoms with E-state index >= 15 is 0 Å². The van der Waals surface area contributed by atoms with E-state index < -0.39 is 0 Å². The molecule has 2 rings (SSSR count). The van der Waals surface area contributed by atoms with Crippen molar-refractivity contribution < 1.29 is 4.79 Å². The lowest BCUT2D eigenvalue weighted by Crippen LogP contribution is -2.32. The van der Waals surface area contributed by atoms with Crippen LogP contribution in [0.15, 0.2) is 18.7 Å². The molecule has 0 spiro atoms. The summed E-state index contributed by atoms with van der Waals surface area (Å²) < 4.78 is 1.92. The maximum atomic E-state index is 11.5. The first-order valence-corrected chi connectivity index (χ1v) is 7.33. The average Bonchev–Trinajstić information content (AvgIpc) is 2.83. The van der Waals surface area contributed by atoms with Crippen molar-refractivity contribution in [1.82, 2.24) is 24.8 Å². The van der Waals surface area contributed by atoms with Crippen molar-refractivity contribution in [3.05, 3.63) is 30.1 Å². The molecule has 0 atom stereocenters. The highest BCUT2D eigenvalue weighted by Gasteiger charge is 2.07. The van der Waals surface area contributed by atoms with E-state index in [1.165, 1.54) is 6.33 Å². The number of aryl methyl sites for hydroxylation is 1. The van der Waals surface area contributed by atoms with Crippen molar-refractivity contribution in [2.45, 2.75) is 27.7 Å². The third kappa shape index (κ3) is 3.81. The van der Waals surface area contributed by atoms with Crippen molar-refractivity contribution in [1.29, 1.82) is 0 Å². The number of carbonyl (C=O) groups is 1. The van der Waals surface area contributed by atoms with Gasteiger partial charge in [0.05, 0.1) is 5.69 Å². The van der Waals surface area contributed by atoms with E-state index in [1.807, 2.05) is 38.3 Å². The molecule has 118 valence electrons. The van der Waals surface area contributed by atoms with Crippen LogP contribution in [0, 0.1) is 19.8 Å². The SMILES string of the molecule is Cc1ncn(-c2cc(NCCNC(=O)C(C)C)ncn2)c1C. The van der Waals surface area contributed by atoms with Crippen molar-refractivity contribution in [2.24, 2.45) is 5.92 Å². The summed E-state index contributed by atoms with van der Waals surface area (Å²) >= 11 is 0. The fourth-order valence-electron chi connectivity index (χ4n) is 1.89. The van der Waals surface area contributed by atoms with Gasteiger partial charge in [0.1, 0.15) is 24.3 Å². The lowest BCUT2D eigenvalue weighted by molar-refractivity contribution is -0.123. The van der Waals surface area contributed by atoms with Crippen molar-refractivity contribution in [3.63, 3.8) is 0 Å². The first kappa shape index (κ1) is 15.9. The second-order valence-corrected chi connectivity index (χ2v) is 5.42. The van der Waals surface area contributed by atoms with Crippen LogP contribution in [0.1, 0.15) is 25.2 Å². The number of nitrogens with one attached hydrogen (secondary N) is 2. The number of amides is 1. The summed E-state index contributed by atoms with van der Waals surface area (Å²) in [4.78, 5) is 24.2. The number of carbonyl (C=O) groups excluding carboxylic acids is 1. The van der Waals surface area contributed by atoms with E-state index in [2.05, 4.69) is 25.6 Å². The normalized spacial score (nSPS) is 10.8. The topological polar surface area (TPSA) is 84.7 Å². The minimum atomic E-state index is -0.00175. The number of anilines is 1. The Kier molecular flexibility index (Phi) is 5.08. The Bertz CT molecular complexity index is 649. The molecule has 0 fully saturated rings. The quantitative estimate of drug-likeness (QED) is 0.789. The second-order valence-electron chi connectivity index (χ2n) is 5.42. The van der Waals surface area contributed by atoms with E-state index in [0.717, 1.165) is 23.0 Å². The third-order valence-corrected chi connectivity index (χ3v) is 3.41. The lowest BCUT2D eigenvalue weighted by Gasteiger charge is -2.10. The summed E-state index contributed by atoms with van der Waals surface area (Å²) in [7, 11) is 0. The highest BCUT2D eigenvalue weighted by atomic mass is 16.1. The smallest absolute Gasteiger partial charge is 0.222 e. The van der Waals surface area contributed by atoms with E-state index in [0.29, 0.717) is 13.1 Å². The molecule has 0 aromatic carbocycles. The van der Waals surface area contributed by atoms with Gasteiger partial charge < -0.3 is 10.6 Å². The largest absolute Gasteiger partial charge is 0.368 e. The fourth-order valence-corrected chi connectivity index (χ4v) is 1.89. The summed E-state index contributed by atoms with van der Waals surface area (Å²) in [5.41, 5.74) is 2.03.